The predicted octanol–water partition coefficient (Wildman–Crippen LogP) is 5.77. The Labute approximate surface area is 140 Å². The van der Waals surface area contributed by atoms with Crippen LogP contribution in [0.2, 0.25) is 5.02 Å². The highest BCUT2D eigenvalue weighted by Crippen LogP contribution is 2.21. The molecular weight excluding hydrogens is 346 g/mol. The van der Waals surface area contributed by atoms with Gasteiger partial charge in [-0.25, -0.2) is 0 Å². The van der Waals surface area contributed by atoms with Gasteiger partial charge in [0.05, 0.1) is 0 Å². The van der Waals surface area contributed by atoms with Gasteiger partial charge >= 0.3 is 0 Å². The fraction of sp³-hybridized carbons (Fsp3) is 0.333. The summed E-state index contributed by atoms with van der Waals surface area (Å²) in [5.41, 5.74) is 2.60. The summed E-state index contributed by atoms with van der Waals surface area (Å²) in [6.45, 7) is 4.43. The lowest BCUT2D eigenvalue weighted by atomic mass is 10.0. The van der Waals surface area contributed by atoms with Crippen molar-refractivity contribution in [3.8, 4) is 0 Å². The van der Waals surface area contributed by atoms with Crippen molar-refractivity contribution in [1.82, 2.24) is 5.32 Å². The van der Waals surface area contributed by atoms with Crippen molar-refractivity contribution in [2.24, 2.45) is 0 Å². The molecule has 2 unspecified atom stereocenters. The van der Waals surface area contributed by atoms with Gasteiger partial charge in [-0.05, 0) is 55.2 Å². The van der Waals surface area contributed by atoms with Gasteiger partial charge in [0.1, 0.15) is 0 Å². The third kappa shape index (κ3) is 5.14. The van der Waals surface area contributed by atoms with Gasteiger partial charge in [0, 0.05) is 21.6 Å². The predicted molar refractivity (Wildman–Crippen MR) is 94.9 cm³/mol. The van der Waals surface area contributed by atoms with Crippen molar-refractivity contribution >= 4 is 27.5 Å². The van der Waals surface area contributed by atoms with E-state index in [-0.39, 0.29) is 0 Å². The van der Waals surface area contributed by atoms with Crippen LogP contribution >= 0.6 is 27.5 Å². The molecule has 0 radical (unpaired) electrons. The summed E-state index contributed by atoms with van der Waals surface area (Å²) in [6, 6.07) is 17.4. The minimum Gasteiger partial charge on any atom is -0.307 e. The van der Waals surface area contributed by atoms with E-state index in [4.69, 9.17) is 11.6 Å². The summed E-state index contributed by atoms with van der Waals surface area (Å²) in [4.78, 5) is 0. The van der Waals surface area contributed by atoms with E-state index in [1.807, 2.05) is 12.1 Å². The van der Waals surface area contributed by atoms with Crippen molar-refractivity contribution in [3.63, 3.8) is 0 Å². The Morgan fingerprint density at radius 2 is 1.86 bits per heavy atom. The molecule has 0 spiro atoms. The largest absolute Gasteiger partial charge is 0.307 e. The summed E-state index contributed by atoms with van der Waals surface area (Å²) in [7, 11) is 0. The summed E-state index contributed by atoms with van der Waals surface area (Å²) in [5.74, 6) is 0. The normalized spacial score (nSPS) is 13.9. The fourth-order valence-electron chi connectivity index (χ4n) is 2.55. The molecule has 0 bridgehead atoms. The topological polar surface area (TPSA) is 12.0 Å². The monoisotopic (exact) mass is 365 g/mol. The first-order chi connectivity index (χ1) is 10.1. The number of benzene rings is 2. The number of nitrogens with one attached hydrogen (secondary N) is 1. The first kappa shape index (κ1) is 16.5. The van der Waals surface area contributed by atoms with Crippen LogP contribution < -0.4 is 5.32 Å². The second-order valence-electron chi connectivity index (χ2n) is 5.41. The maximum absolute atomic E-state index is 6.09. The molecule has 3 heteroatoms. The van der Waals surface area contributed by atoms with E-state index in [1.54, 1.807) is 0 Å². The van der Waals surface area contributed by atoms with Crippen molar-refractivity contribution < 1.29 is 0 Å². The minimum atomic E-state index is 0.342. The van der Waals surface area contributed by atoms with Gasteiger partial charge in [0.25, 0.3) is 0 Å². The third-order valence-corrected chi connectivity index (χ3v) is 4.36. The standard InChI is InChI=1S/C18H21BrClN/c1-3-18(15-5-4-6-17(20)12-15)21-13(2)11-14-7-9-16(19)10-8-14/h4-10,12-13,18,21H,3,11H2,1-2H3. The zero-order chi connectivity index (χ0) is 15.2. The molecule has 2 aromatic carbocycles. The molecule has 0 aliphatic heterocycles. The first-order valence-electron chi connectivity index (χ1n) is 7.34. The number of halogens is 2. The SMILES string of the molecule is CCC(NC(C)Cc1ccc(Br)cc1)c1cccc(Cl)c1. The van der Waals surface area contributed by atoms with Crippen molar-refractivity contribution in [3.05, 3.63) is 69.2 Å². The fourth-order valence-corrected chi connectivity index (χ4v) is 3.01. The molecule has 0 saturated heterocycles. The molecule has 0 aliphatic rings. The highest BCUT2D eigenvalue weighted by Gasteiger charge is 2.13. The Morgan fingerprint density at radius 1 is 1.14 bits per heavy atom. The van der Waals surface area contributed by atoms with Crippen LogP contribution in [0.25, 0.3) is 0 Å². The molecule has 1 N–H and O–H groups in total. The molecule has 2 aromatic rings. The van der Waals surface area contributed by atoms with Crippen LogP contribution in [0.3, 0.4) is 0 Å². The molecule has 2 rings (SSSR count). The van der Waals surface area contributed by atoms with Crippen molar-refractivity contribution in [2.75, 3.05) is 0 Å². The molecule has 1 nitrogen and oxygen atoms in total. The molecule has 2 atom stereocenters. The number of rotatable bonds is 6. The van der Waals surface area contributed by atoms with E-state index < -0.39 is 0 Å². The third-order valence-electron chi connectivity index (χ3n) is 3.60. The Hall–Kier alpha value is -0.830. The lowest BCUT2D eigenvalue weighted by Crippen LogP contribution is -2.31. The van der Waals surface area contributed by atoms with Gasteiger partial charge in [0.2, 0.25) is 0 Å². The van der Waals surface area contributed by atoms with Gasteiger partial charge in [-0.1, -0.05) is 58.7 Å². The lowest BCUT2D eigenvalue weighted by Gasteiger charge is -2.23. The summed E-state index contributed by atoms with van der Waals surface area (Å²) < 4.78 is 1.12. The maximum Gasteiger partial charge on any atom is 0.0409 e. The zero-order valence-electron chi connectivity index (χ0n) is 12.4. The maximum atomic E-state index is 6.09. The van der Waals surface area contributed by atoms with Gasteiger partial charge < -0.3 is 5.32 Å². The van der Waals surface area contributed by atoms with Crippen LogP contribution in [-0.4, -0.2) is 6.04 Å². The number of hydrogen-bond donors (Lipinski definition) is 1. The minimum absolute atomic E-state index is 0.342. The van der Waals surface area contributed by atoms with Crippen LogP contribution in [0, 0.1) is 0 Å². The Kier molecular flexibility index (Phi) is 6.28. The van der Waals surface area contributed by atoms with Gasteiger partial charge in [0.15, 0.2) is 0 Å². The summed E-state index contributed by atoms with van der Waals surface area (Å²) in [5, 5.41) is 4.50. The van der Waals surface area contributed by atoms with E-state index in [0.29, 0.717) is 12.1 Å². The summed E-state index contributed by atoms with van der Waals surface area (Å²) in [6.07, 6.45) is 2.06. The van der Waals surface area contributed by atoms with Crippen LogP contribution in [0.5, 0.6) is 0 Å². The van der Waals surface area contributed by atoms with E-state index in [0.717, 1.165) is 22.3 Å². The van der Waals surface area contributed by atoms with Crippen molar-refractivity contribution in [2.45, 2.75) is 38.8 Å². The average Bonchev–Trinajstić information content (AvgIpc) is 2.47. The van der Waals surface area contributed by atoms with E-state index in [2.05, 4.69) is 71.5 Å². The lowest BCUT2D eigenvalue weighted by molar-refractivity contribution is 0.443. The summed E-state index contributed by atoms with van der Waals surface area (Å²) >= 11 is 9.57. The van der Waals surface area contributed by atoms with Crippen LogP contribution in [-0.2, 0) is 6.42 Å². The number of hydrogen-bond acceptors (Lipinski definition) is 1. The van der Waals surface area contributed by atoms with Crippen molar-refractivity contribution in [1.29, 1.82) is 0 Å². The average molecular weight is 367 g/mol. The van der Waals surface area contributed by atoms with Crippen LogP contribution in [0.1, 0.15) is 37.4 Å². The van der Waals surface area contributed by atoms with Gasteiger partial charge in [-0.2, -0.15) is 0 Å². The first-order valence-corrected chi connectivity index (χ1v) is 8.51. The van der Waals surface area contributed by atoms with Crippen LogP contribution in [0.4, 0.5) is 0 Å². The molecular formula is C18H21BrClN. The van der Waals surface area contributed by atoms with Gasteiger partial charge in [-0.3, -0.25) is 0 Å². The van der Waals surface area contributed by atoms with Crippen LogP contribution in [0.15, 0.2) is 53.0 Å². The van der Waals surface area contributed by atoms with E-state index in [1.165, 1.54) is 11.1 Å². The molecule has 21 heavy (non-hydrogen) atoms. The molecule has 0 heterocycles. The molecule has 0 fully saturated rings. The Balaban J connectivity index is 1.99. The van der Waals surface area contributed by atoms with E-state index in [9.17, 15) is 0 Å². The van der Waals surface area contributed by atoms with Gasteiger partial charge in [-0.15, -0.1) is 0 Å². The second kappa shape index (κ2) is 7.98. The molecule has 112 valence electrons. The smallest absolute Gasteiger partial charge is 0.0409 e. The molecule has 0 aliphatic carbocycles. The molecule has 0 saturated carbocycles. The quantitative estimate of drug-likeness (QED) is 0.684. The Bertz CT molecular complexity index is 568. The second-order valence-corrected chi connectivity index (χ2v) is 6.77. The highest BCUT2D eigenvalue weighted by atomic mass is 79.9. The van der Waals surface area contributed by atoms with E-state index >= 15 is 0 Å². The highest BCUT2D eigenvalue weighted by molar-refractivity contribution is 9.10. The zero-order valence-corrected chi connectivity index (χ0v) is 14.8. The Morgan fingerprint density at radius 3 is 2.48 bits per heavy atom. The molecule has 0 aromatic heterocycles. The molecule has 0 amide bonds.